The van der Waals surface area contributed by atoms with E-state index in [9.17, 15) is 10.2 Å². The smallest absolute Gasteiger partial charge is 0.235 e. The molecule has 0 fully saturated rings. The van der Waals surface area contributed by atoms with Gasteiger partial charge in [0, 0.05) is 11.1 Å². The Hall–Kier alpha value is -2.34. The van der Waals surface area contributed by atoms with Crippen molar-refractivity contribution >= 4 is 23.8 Å². The van der Waals surface area contributed by atoms with Crippen LogP contribution in [0.3, 0.4) is 0 Å². The molecule has 0 radical (unpaired) electrons. The Morgan fingerprint density at radius 3 is 1.62 bits per heavy atom. The molecule has 2 atom stereocenters. The van der Waals surface area contributed by atoms with Crippen molar-refractivity contribution in [2.24, 2.45) is 9.98 Å². The summed E-state index contributed by atoms with van der Waals surface area (Å²) in [7, 11) is 0. The highest BCUT2D eigenvalue weighted by atomic mass is 16.7. The van der Waals surface area contributed by atoms with Gasteiger partial charge in [-0.3, -0.25) is 14.7 Å². The maximum atomic E-state index is 10.7. The van der Waals surface area contributed by atoms with Crippen LogP contribution in [0.5, 0.6) is 0 Å². The minimum absolute atomic E-state index is 0.496. The summed E-state index contributed by atoms with van der Waals surface area (Å²) in [6, 6.07) is 14.2. The lowest BCUT2D eigenvalue weighted by molar-refractivity contribution is -0.278. The predicted octanol–water partition coefficient (Wildman–Crippen LogP) is 2.13. The topological polar surface area (TPSA) is 74.4 Å². The second kappa shape index (κ2) is 4.08. The maximum Gasteiger partial charge on any atom is 0.235 e. The van der Waals surface area contributed by atoms with Crippen LogP contribution in [0.2, 0.25) is 0 Å². The normalized spacial score (nSPS) is 28.7. The van der Waals surface area contributed by atoms with Gasteiger partial charge in [0.1, 0.15) is 0 Å². The number of hydrogen-bond acceptors (Lipinski definition) is 5. The van der Waals surface area contributed by atoms with Crippen molar-refractivity contribution in [1.29, 1.82) is 0 Å². The molecular formula is C16H12N2O3. The van der Waals surface area contributed by atoms with Gasteiger partial charge in [-0.25, -0.2) is 0 Å². The fourth-order valence-electron chi connectivity index (χ4n) is 2.63. The number of aliphatic imine (C=N–C) groups is 2. The van der Waals surface area contributed by atoms with Crippen molar-refractivity contribution < 1.29 is 14.9 Å². The van der Waals surface area contributed by atoms with Gasteiger partial charge >= 0.3 is 0 Å². The molecule has 2 unspecified atom stereocenters. The zero-order valence-corrected chi connectivity index (χ0v) is 11.0. The van der Waals surface area contributed by atoms with Crippen LogP contribution in [0, 0.1) is 0 Å². The van der Waals surface area contributed by atoms with E-state index in [1.54, 1.807) is 36.4 Å². The molecule has 0 spiro atoms. The number of ether oxygens (including phenoxy) is 1. The standard InChI is InChI=1S/C16H12N2O3/c19-15(9-17-13-7-3-1-5-11(13)15)21-16(20)10-18-14-8-4-2-6-12(14)16/h1-10,19-20H. The average Bonchev–Trinajstić information content (AvgIpc) is 3.00. The van der Waals surface area contributed by atoms with Gasteiger partial charge in [-0.2, -0.15) is 0 Å². The third-order valence-electron chi connectivity index (χ3n) is 3.65. The van der Waals surface area contributed by atoms with Gasteiger partial charge in [-0.05, 0) is 12.1 Å². The van der Waals surface area contributed by atoms with E-state index in [0.29, 0.717) is 22.5 Å². The second-order valence-corrected chi connectivity index (χ2v) is 5.05. The third kappa shape index (κ3) is 1.76. The molecule has 104 valence electrons. The van der Waals surface area contributed by atoms with Crippen LogP contribution >= 0.6 is 0 Å². The number of benzene rings is 2. The van der Waals surface area contributed by atoms with Crippen LogP contribution in [0.15, 0.2) is 58.5 Å². The fraction of sp³-hybridized carbons (Fsp3) is 0.125. The van der Waals surface area contributed by atoms with Gasteiger partial charge < -0.3 is 10.2 Å². The first kappa shape index (κ1) is 12.4. The van der Waals surface area contributed by atoms with Crippen LogP contribution < -0.4 is 0 Å². The Bertz CT molecular complexity index is 721. The molecule has 0 amide bonds. The summed E-state index contributed by atoms with van der Waals surface area (Å²) in [5.41, 5.74) is 2.23. The van der Waals surface area contributed by atoms with Gasteiger partial charge in [-0.15, -0.1) is 0 Å². The Labute approximate surface area is 120 Å². The Morgan fingerprint density at radius 1 is 0.714 bits per heavy atom. The van der Waals surface area contributed by atoms with Gasteiger partial charge in [0.15, 0.2) is 0 Å². The van der Waals surface area contributed by atoms with Crippen LogP contribution in [0.1, 0.15) is 11.1 Å². The maximum absolute atomic E-state index is 10.7. The molecule has 0 saturated heterocycles. The molecule has 2 heterocycles. The van der Waals surface area contributed by atoms with Crippen LogP contribution in [0.4, 0.5) is 11.4 Å². The lowest BCUT2D eigenvalue weighted by atomic mass is 10.0. The fourth-order valence-corrected chi connectivity index (χ4v) is 2.63. The number of rotatable bonds is 2. The van der Waals surface area contributed by atoms with Crippen LogP contribution in [0.25, 0.3) is 0 Å². The minimum Gasteiger partial charge on any atom is -0.357 e. The van der Waals surface area contributed by atoms with E-state index in [1.165, 1.54) is 12.4 Å². The number of fused-ring (bicyclic) bond motifs is 2. The molecule has 21 heavy (non-hydrogen) atoms. The molecule has 2 aromatic carbocycles. The number of nitrogens with zero attached hydrogens (tertiary/aromatic N) is 2. The van der Waals surface area contributed by atoms with E-state index >= 15 is 0 Å². The summed E-state index contributed by atoms with van der Waals surface area (Å²) < 4.78 is 5.61. The Morgan fingerprint density at radius 2 is 1.14 bits per heavy atom. The van der Waals surface area contributed by atoms with Crippen LogP contribution in [-0.2, 0) is 16.3 Å². The molecule has 0 aromatic heterocycles. The first-order valence-corrected chi connectivity index (χ1v) is 6.55. The summed E-state index contributed by atoms with van der Waals surface area (Å²) in [6.07, 6.45) is 2.56. The highest BCUT2D eigenvalue weighted by Crippen LogP contribution is 2.43. The first-order chi connectivity index (χ1) is 10.1. The average molecular weight is 280 g/mol. The zero-order chi connectivity index (χ0) is 14.5. The van der Waals surface area contributed by atoms with Crippen molar-refractivity contribution in [1.82, 2.24) is 0 Å². The zero-order valence-electron chi connectivity index (χ0n) is 11.0. The van der Waals surface area contributed by atoms with Gasteiger partial charge in [0.05, 0.1) is 23.8 Å². The number of hydrogen-bond donors (Lipinski definition) is 2. The molecule has 0 aliphatic carbocycles. The van der Waals surface area contributed by atoms with Gasteiger partial charge in [-0.1, -0.05) is 36.4 Å². The van der Waals surface area contributed by atoms with Gasteiger partial charge in [0.2, 0.25) is 11.6 Å². The monoisotopic (exact) mass is 280 g/mol. The molecule has 2 aromatic rings. The van der Waals surface area contributed by atoms with E-state index in [0.717, 1.165) is 0 Å². The van der Waals surface area contributed by atoms with E-state index in [1.807, 2.05) is 12.1 Å². The summed E-state index contributed by atoms with van der Waals surface area (Å²) in [6.45, 7) is 0. The lowest BCUT2D eigenvalue weighted by Gasteiger charge is -2.30. The third-order valence-corrected chi connectivity index (χ3v) is 3.65. The molecule has 2 aliphatic heterocycles. The van der Waals surface area contributed by atoms with Crippen molar-refractivity contribution in [2.45, 2.75) is 11.6 Å². The number of para-hydroxylation sites is 2. The summed E-state index contributed by atoms with van der Waals surface area (Å²) in [5, 5.41) is 21.4. The molecular weight excluding hydrogens is 268 g/mol. The molecule has 0 bridgehead atoms. The molecule has 0 saturated carbocycles. The Balaban J connectivity index is 1.75. The van der Waals surface area contributed by atoms with Crippen LogP contribution in [-0.4, -0.2) is 22.6 Å². The molecule has 5 nitrogen and oxygen atoms in total. The number of aliphatic hydroxyl groups is 2. The van der Waals surface area contributed by atoms with Gasteiger partial charge in [0.25, 0.3) is 0 Å². The highest BCUT2D eigenvalue weighted by molar-refractivity contribution is 5.84. The SMILES string of the molecule is OC1(OC2(O)C=Nc3ccccc32)C=Nc2ccccc21. The van der Waals surface area contributed by atoms with E-state index in [2.05, 4.69) is 9.98 Å². The van der Waals surface area contributed by atoms with E-state index in [-0.39, 0.29) is 0 Å². The van der Waals surface area contributed by atoms with Crippen molar-refractivity contribution in [3.8, 4) is 0 Å². The van der Waals surface area contributed by atoms with Crippen molar-refractivity contribution in [3.05, 3.63) is 59.7 Å². The minimum atomic E-state index is -1.78. The molecule has 5 heteroatoms. The van der Waals surface area contributed by atoms with E-state index in [4.69, 9.17) is 4.74 Å². The molecule has 4 rings (SSSR count). The second-order valence-electron chi connectivity index (χ2n) is 5.05. The first-order valence-electron chi connectivity index (χ1n) is 6.55. The molecule has 2 aliphatic rings. The van der Waals surface area contributed by atoms with Crippen molar-refractivity contribution in [2.75, 3.05) is 0 Å². The van der Waals surface area contributed by atoms with E-state index < -0.39 is 11.6 Å². The Kier molecular flexibility index (Phi) is 2.41. The van der Waals surface area contributed by atoms with Crippen molar-refractivity contribution in [3.63, 3.8) is 0 Å². The summed E-state index contributed by atoms with van der Waals surface area (Å²) in [4.78, 5) is 8.25. The molecule has 2 N–H and O–H groups in total. The largest absolute Gasteiger partial charge is 0.357 e. The quantitative estimate of drug-likeness (QED) is 0.827. The highest BCUT2D eigenvalue weighted by Gasteiger charge is 2.46. The predicted molar refractivity (Wildman–Crippen MR) is 78.1 cm³/mol. The lowest BCUT2D eigenvalue weighted by Crippen LogP contribution is -2.41. The summed E-state index contributed by atoms with van der Waals surface area (Å²) >= 11 is 0. The summed E-state index contributed by atoms with van der Waals surface area (Å²) in [5.74, 6) is -3.57.